The van der Waals surface area contributed by atoms with Crippen LogP contribution in [0.4, 0.5) is 5.82 Å². The molecule has 9 heteroatoms. The number of aromatic hydroxyl groups is 1. The second kappa shape index (κ2) is 9.84. The number of pyridine rings is 2. The summed E-state index contributed by atoms with van der Waals surface area (Å²) < 4.78 is 17.9. The van der Waals surface area contributed by atoms with E-state index >= 15 is 0 Å². The largest absolute Gasteiger partial charge is 0.506 e. The first kappa shape index (κ1) is 24.2. The minimum atomic E-state index is -0.389. The molecule has 0 atom stereocenters. The van der Waals surface area contributed by atoms with E-state index in [1.165, 1.54) is 4.57 Å². The number of hydrogen-bond donors (Lipinski definition) is 1. The van der Waals surface area contributed by atoms with Crippen molar-refractivity contribution in [1.29, 1.82) is 5.26 Å². The van der Waals surface area contributed by atoms with Gasteiger partial charge in [-0.05, 0) is 35.9 Å². The number of aryl methyl sites for hydroxylation is 1. The van der Waals surface area contributed by atoms with E-state index in [9.17, 15) is 15.2 Å². The van der Waals surface area contributed by atoms with E-state index in [2.05, 4.69) is 6.07 Å². The Hall–Kier alpha value is -4.55. The van der Waals surface area contributed by atoms with Crippen molar-refractivity contribution in [2.75, 3.05) is 45.4 Å². The van der Waals surface area contributed by atoms with Gasteiger partial charge in [0.1, 0.15) is 28.8 Å². The van der Waals surface area contributed by atoms with Crippen LogP contribution in [0.1, 0.15) is 5.56 Å². The van der Waals surface area contributed by atoms with Crippen molar-refractivity contribution in [2.45, 2.75) is 0 Å². The van der Waals surface area contributed by atoms with Gasteiger partial charge in [0.15, 0.2) is 11.5 Å². The van der Waals surface area contributed by atoms with Crippen LogP contribution < -0.4 is 19.9 Å². The number of nitriles is 1. The number of rotatable bonds is 5. The quantitative estimate of drug-likeness (QED) is 0.444. The number of nitrogens with zero attached hydrogens (tertiary/aromatic N) is 4. The number of aromatic nitrogens is 2. The third-order valence-corrected chi connectivity index (χ3v) is 6.65. The Kier molecular flexibility index (Phi) is 6.42. The summed E-state index contributed by atoms with van der Waals surface area (Å²) in [5, 5.41) is 22.0. The van der Waals surface area contributed by atoms with Crippen LogP contribution in [0.25, 0.3) is 33.3 Å². The standard InChI is InChI=1S/C28H26N4O5/c1-31-22-7-5-4-6-18(22)26(33)25(28(31)34)21-15-19(17-8-9-23(35-2)24(14-17)36-3)20(16-29)27(30-21)32-10-12-37-13-11-32/h4-9,14-15,33H,10-13H2,1-3H3. The van der Waals surface area contributed by atoms with E-state index in [0.717, 1.165) is 0 Å². The van der Waals surface area contributed by atoms with Crippen molar-refractivity contribution >= 4 is 16.7 Å². The van der Waals surface area contributed by atoms with Gasteiger partial charge in [0.2, 0.25) is 0 Å². The molecule has 0 saturated carbocycles. The lowest BCUT2D eigenvalue weighted by molar-refractivity contribution is 0.122. The highest BCUT2D eigenvalue weighted by Gasteiger charge is 2.25. The highest BCUT2D eigenvalue weighted by molar-refractivity contribution is 5.93. The summed E-state index contributed by atoms with van der Waals surface area (Å²) in [6, 6.07) is 16.5. The van der Waals surface area contributed by atoms with Gasteiger partial charge in [0.25, 0.3) is 5.56 Å². The van der Waals surface area contributed by atoms with Crippen molar-refractivity contribution in [1.82, 2.24) is 9.55 Å². The average molecular weight is 499 g/mol. The molecule has 2 aromatic carbocycles. The number of anilines is 1. The molecule has 0 aliphatic carbocycles. The molecule has 1 N–H and O–H groups in total. The predicted molar refractivity (Wildman–Crippen MR) is 140 cm³/mol. The summed E-state index contributed by atoms with van der Waals surface area (Å²) in [4.78, 5) is 20.3. The number of fused-ring (bicyclic) bond motifs is 1. The number of ether oxygens (including phenoxy) is 3. The zero-order chi connectivity index (χ0) is 26.1. The number of benzene rings is 2. The maximum absolute atomic E-state index is 13.5. The van der Waals surface area contributed by atoms with Crippen LogP contribution in [0.15, 0.2) is 53.3 Å². The van der Waals surface area contributed by atoms with Crippen LogP contribution in [-0.2, 0) is 11.8 Å². The summed E-state index contributed by atoms with van der Waals surface area (Å²) >= 11 is 0. The van der Waals surface area contributed by atoms with Gasteiger partial charge in [-0.1, -0.05) is 18.2 Å². The zero-order valence-electron chi connectivity index (χ0n) is 20.8. The molecule has 1 fully saturated rings. The third kappa shape index (κ3) is 4.11. The molecule has 0 radical (unpaired) electrons. The highest BCUT2D eigenvalue weighted by atomic mass is 16.5. The molecular formula is C28H26N4O5. The second-order valence-electron chi connectivity index (χ2n) is 8.64. The molecule has 0 unspecified atom stereocenters. The van der Waals surface area contributed by atoms with Crippen LogP contribution in [0.2, 0.25) is 0 Å². The molecule has 9 nitrogen and oxygen atoms in total. The van der Waals surface area contributed by atoms with Crippen molar-refractivity contribution in [3.05, 3.63) is 64.4 Å². The monoisotopic (exact) mass is 498 g/mol. The first-order chi connectivity index (χ1) is 18.0. The molecule has 188 valence electrons. The summed E-state index contributed by atoms with van der Waals surface area (Å²) in [5.74, 6) is 1.33. The maximum atomic E-state index is 13.5. The second-order valence-corrected chi connectivity index (χ2v) is 8.64. The average Bonchev–Trinajstić information content (AvgIpc) is 2.95. The highest BCUT2D eigenvalue weighted by Crippen LogP contribution is 2.40. The minimum absolute atomic E-state index is 0.0712. The van der Waals surface area contributed by atoms with E-state index < -0.39 is 0 Å². The van der Waals surface area contributed by atoms with E-state index in [4.69, 9.17) is 19.2 Å². The van der Waals surface area contributed by atoms with Gasteiger partial charge in [-0.15, -0.1) is 0 Å². The Morgan fingerprint density at radius 1 is 1.05 bits per heavy atom. The SMILES string of the molecule is COc1ccc(-c2cc(-c3c(O)c4ccccc4n(C)c3=O)nc(N3CCOCC3)c2C#N)cc1OC. The summed E-state index contributed by atoms with van der Waals surface area (Å²) in [6.07, 6.45) is 0. The Morgan fingerprint density at radius 2 is 1.78 bits per heavy atom. The van der Waals surface area contributed by atoms with E-state index in [1.807, 2.05) is 17.0 Å². The van der Waals surface area contributed by atoms with Crippen molar-refractivity contribution in [2.24, 2.45) is 7.05 Å². The number of hydrogen-bond acceptors (Lipinski definition) is 8. The molecule has 0 spiro atoms. The molecule has 0 bridgehead atoms. The van der Waals surface area contributed by atoms with E-state index in [0.29, 0.717) is 71.2 Å². The molecule has 2 aromatic heterocycles. The van der Waals surface area contributed by atoms with Gasteiger partial charge in [-0.25, -0.2) is 4.98 Å². The number of methoxy groups -OCH3 is 2. The molecular weight excluding hydrogens is 472 g/mol. The van der Waals surface area contributed by atoms with Crippen LogP contribution in [0.5, 0.6) is 17.2 Å². The normalized spacial score (nSPS) is 13.4. The molecule has 4 aromatic rings. The van der Waals surface area contributed by atoms with Gasteiger partial charge in [-0.2, -0.15) is 5.26 Å². The van der Waals surface area contributed by atoms with E-state index in [-0.39, 0.29) is 22.6 Å². The molecule has 3 heterocycles. The van der Waals surface area contributed by atoms with Crippen molar-refractivity contribution in [3.8, 4) is 45.7 Å². The topological polar surface area (TPSA) is 110 Å². The van der Waals surface area contributed by atoms with E-state index in [1.54, 1.807) is 57.7 Å². The summed E-state index contributed by atoms with van der Waals surface area (Å²) in [6.45, 7) is 2.06. The van der Waals surface area contributed by atoms with Crippen LogP contribution in [0.3, 0.4) is 0 Å². The fourth-order valence-corrected chi connectivity index (χ4v) is 4.72. The Balaban J connectivity index is 1.83. The van der Waals surface area contributed by atoms with Gasteiger partial charge in [0.05, 0.1) is 38.6 Å². The molecule has 1 saturated heterocycles. The Morgan fingerprint density at radius 3 is 2.49 bits per heavy atom. The third-order valence-electron chi connectivity index (χ3n) is 6.65. The lowest BCUT2D eigenvalue weighted by Crippen LogP contribution is -2.37. The first-order valence-corrected chi connectivity index (χ1v) is 11.8. The summed E-state index contributed by atoms with van der Waals surface area (Å²) in [7, 11) is 4.76. The molecule has 5 rings (SSSR count). The minimum Gasteiger partial charge on any atom is -0.506 e. The Bertz CT molecular complexity index is 1600. The number of para-hydroxylation sites is 1. The fourth-order valence-electron chi connectivity index (χ4n) is 4.72. The van der Waals surface area contributed by atoms with Crippen LogP contribution >= 0.6 is 0 Å². The van der Waals surface area contributed by atoms with Crippen LogP contribution in [-0.4, -0.2) is 55.2 Å². The maximum Gasteiger partial charge on any atom is 0.264 e. The van der Waals surface area contributed by atoms with Crippen molar-refractivity contribution in [3.63, 3.8) is 0 Å². The lowest BCUT2D eigenvalue weighted by atomic mass is 9.97. The fraction of sp³-hybridized carbons (Fsp3) is 0.250. The van der Waals surface area contributed by atoms with Gasteiger partial charge >= 0.3 is 0 Å². The zero-order valence-corrected chi connectivity index (χ0v) is 20.8. The molecule has 37 heavy (non-hydrogen) atoms. The van der Waals surface area contributed by atoms with Crippen LogP contribution in [0, 0.1) is 11.3 Å². The van der Waals surface area contributed by atoms with Gasteiger partial charge in [-0.3, -0.25) is 4.79 Å². The smallest absolute Gasteiger partial charge is 0.264 e. The van der Waals surface area contributed by atoms with Gasteiger partial charge in [0, 0.05) is 31.1 Å². The Labute approximate surface area is 213 Å². The lowest BCUT2D eigenvalue weighted by Gasteiger charge is -2.29. The molecule has 1 aliphatic heterocycles. The van der Waals surface area contributed by atoms with Crippen molar-refractivity contribution < 1.29 is 19.3 Å². The molecule has 1 aliphatic rings. The molecule has 0 amide bonds. The predicted octanol–water partition coefficient (Wildman–Crippen LogP) is 3.70. The first-order valence-electron chi connectivity index (χ1n) is 11.8. The number of morpholine rings is 1. The summed E-state index contributed by atoms with van der Waals surface area (Å²) in [5.41, 5.74) is 2.16. The van der Waals surface area contributed by atoms with Gasteiger partial charge < -0.3 is 28.8 Å².